The van der Waals surface area contributed by atoms with Crippen LogP contribution >= 0.6 is 0 Å². The minimum atomic E-state index is -0.756. The molecule has 0 saturated heterocycles. The van der Waals surface area contributed by atoms with Crippen molar-refractivity contribution in [3.05, 3.63) is 65.2 Å². The van der Waals surface area contributed by atoms with Gasteiger partial charge in [0.25, 0.3) is 0 Å². The summed E-state index contributed by atoms with van der Waals surface area (Å²) in [5, 5.41) is 15.4. The van der Waals surface area contributed by atoms with E-state index in [-0.39, 0.29) is 6.42 Å². The minimum Gasteiger partial charge on any atom is -0.481 e. The van der Waals surface area contributed by atoms with E-state index < -0.39 is 5.97 Å². The molecule has 4 heteroatoms. The summed E-state index contributed by atoms with van der Waals surface area (Å²) >= 11 is 0. The Kier molecular flexibility index (Phi) is 6.63. The maximum Gasteiger partial charge on any atom is 0.303 e. The maximum absolute atomic E-state index is 10.6. The molecular formula is C19H24N2O2. The first kappa shape index (κ1) is 17.0. The van der Waals surface area contributed by atoms with Gasteiger partial charge in [0.1, 0.15) is 0 Å². The van der Waals surface area contributed by atoms with Crippen LogP contribution in [0.2, 0.25) is 0 Å². The Bertz CT molecular complexity index is 606. The van der Waals surface area contributed by atoms with Gasteiger partial charge in [-0.1, -0.05) is 43.3 Å². The summed E-state index contributed by atoms with van der Waals surface area (Å²) in [6.45, 7) is 4.73. The van der Waals surface area contributed by atoms with Gasteiger partial charge in [-0.15, -0.1) is 0 Å². The lowest BCUT2D eigenvalue weighted by molar-refractivity contribution is -0.136. The third-order valence-electron chi connectivity index (χ3n) is 3.68. The smallest absolute Gasteiger partial charge is 0.303 e. The van der Waals surface area contributed by atoms with Crippen LogP contribution < -0.4 is 10.6 Å². The van der Waals surface area contributed by atoms with Gasteiger partial charge in [-0.2, -0.15) is 0 Å². The molecule has 0 saturated carbocycles. The highest BCUT2D eigenvalue weighted by atomic mass is 16.4. The number of carboxylic acids is 1. The fourth-order valence-electron chi connectivity index (χ4n) is 2.29. The zero-order valence-electron chi connectivity index (χ0n) is 13.5. The van der Waals surface area contributed by atoms with Crippen LogP contribution in [0.25, 0.3) is 0 Å². The Morgan fingerprint density at radius 2 is 1.48 bits per heavy atom. The van der Waals surface area contributed by atoms with Crippen molar-refractivity contribution in [2.75, 3.05) is 11.9 Å². The monoisotopic (exact) mass is 312 g/mol. The van der Waals surface area contributed by atoms with Gasteiger partial charge in [-0.3, -0.25) is 4.79 Å². The molecule has 0 atom stereocenters. The molecule has 0 spiro atoms. The molecule has 0 aliphatic carbocycles. The van der Waals surface area contributed by atoms with E-state index in [1.165, 1.54) is 11.1 Å². The van der Waals surface area contributed by atoms with Gasteiger partial charge in [0.15, 0.2) is 0 Å². The molecule has 2 aromatic carbocycles. The molecule has 23 heavy (non-hydrogen) atoms. The molecule has 122 valence electrons. The van der Waals surface area contributed by atoms with Crippen LogP contribution in [-0.4, -0.2) is 17.6 Å². The predicted octanol–water partition coefficient (Wildman–Crippen LogP) is 3.43. The molecule has 0 heterocycles. The fraction of sp³-hybridized carbons (Fsp3) is 0.316. The normalized spacial score (nSPS) is 10.5. The van der Waals surface area contributed by atoms with Crippen molar-refractivity contribution < 1.29 is 9.90 Å². The number of aryl methyl sites for hydroxylation is 1. The first-order chi connectivity index (χ1) is 11.2. The maximum atomic E-state index is 10.6. The van der Waals surface area contributed by atoms with Crippen LogP contribution in [0.5, 0.6) is 0 Å². The molecule has 0 radical (unpaired) electrons. The zero-order valence-corrected chi connectivity index (χ0v) is 13.5. The number of aliphatic carboxylic acids is 1. The second-order valence-electron chi connectivity index (χ2n) is 5.54. The van der Waals surface area contributed by atoms with Crippen LogP contribution in [0.15, 0.2) is 48.5 Å². The third-order valence-corrected chi connectivity index (χ3v) is 3.68. The molecule has 2 aromatic rings. The number of benzene rings is 2. The van der Waals surface area contributed by atoms with E-state index in [9.17, 15) is 4.79 Å². The SMILES string of the molecule is CCNCc1ccc(NCc2ccc(CCC(=O)O)cc2)cc1. The Morgan fingerprint density at radius 3 is 2.09 bits per heavy atom. The van der Waals surface area contributed by atoms with Crippen LogP contribution in [0.4, 0.5) is 5.69 Å². The van der Waals surface area contributed by atoms with E-state index in [0.717, 1.165) is 30.9 Å². The highest BCUT2D eigenvalue weighted by Gasteiger charge is 2.00. The first-order valence-electron chi connectivity index (χ1n) is 8.00. The summed E-state index contributed by atoms with van der Waals surface area (Å²) in [5.74, 6) is -0.756. The van der Waals surface area contributed by atoms with Crippen molar-refractivity contribution in [3.63, 3.8) is 0 Å². The highest BCUT2D eigenvalue weighted by molar-refractivity contribution is 5.67. The van der Waals surface area contributed by atoms with Crippen molar-refractivity contribution in [2.45, 2.75) is 32.9 Å². The van der Waals surface area contributed by atoms with Gasteiger partial charge >= 0.3 is 5.97 Å². The summed E-state index contributed by atoms with van der Waals surface area (Å²) in [5.41, 5.74) is 4.62. The van der Waals surface area contributed by atoms with E-state index >= 15 is 0 Å². The molecule has 4 nitrogen and oxygen atoms in total. The summed E-state index contributed by atoms with van der Waals surface area (Å²) < 4.78 is 0. The predicted molar refractivity (Wildman–Crippen MR) is 93.5 cm³/mol. The van der Waals surface area contributed by atoms with Gasteiger partial charge in [0.05, 0.1) is 0 Å². The molecule has 0 amide bonds. The molecule has 0 bridgehead atoms. The lowest BCUT2D eigenvalue weighted by atomic mass is 10.1. The quantitative estimate of drug-likeness (QED) is 0.664. The van der Waals surface area contributed by atoms with Crippen molar-refractivity contribution in [1.29, 1.82) is 0 Å². The Morgan fingerprint density at radius 1 is 0.913 bits per heavy atom. The molecule has 3 N–H and O–H groups in total. The lowest BCUT2D eigenvalue weighted by Crippen LogP contribution is -2.11. The van der Waals surface area contributed by atoms with Gasteiger partial charge in [-0.05, 0) is 41.8 Å². The second kappa shape index (κ2) is 8.96. The average molecular weight is 312 g/mol. The average Bonchev–Trinajstić information content (AvgIpc) is 2.58. The minimum absolute atomic E-state index is 0.177. The van der Waals surface area contributed by atoms with Crippen LogP contribution in [0, 0.1) is 0 Å². The molecule has 0 fully saturated rings. The molecular weight excluding hydrogens is 288 g/mol. The van der Waals surface area contributed by atoms with Crippen molar-refractivity contribution in [3.8, 4) is 0 Å². The number of hydrogen-bond donors (Lipinski definition) is 3. The number of nitrogens with one attached hydrogen (secondary N) is 2. The van der Waals surface area contributed by atoms with E-state index in [2.05, 4.69) is 41.8 Å². The number of hydrogen-bond acceptors (Lipinski definition) is 3. The van der Waals surface area contributed by atoms with Crippen molar-refractivity contribution in [2.24, 2.45) is 0 Å². The second-order valence-corrected chi connectivity index (χ2v) is 5.54. The largest absolute Gasteiger partial charge is 0.481 e. The third kappa shape index (κ3) is 6.12. The van der Waals surface area contributed by atoms with Gasteiger partial charge in [-0.25, -0.2) is 0 Å². The first-order valence-corrected chi connectivity index (χ1v) is 8.00. The van der Waals surface area contributed by atoms with E-state index in [4.69, 9.17) is 5.11 Å². The number of anilines is 1. The number of rotatable bonds is 9. The molecule has 0 aromatic heterocycles. The summed E-state index contributed by atoms with van der Waals surface area (Å²) in [6, 6.07) is 16.5. The van der Waals surface area contributed by atoms with Gasteiger partial charge in [0.2, 0.25) is 0 Å². The molecule has 2 rings (SSSR count). The van der Waals surface area contributed by atoms with Crippen LogP contribution in [0.3, 0.4) is 0 Å². The Hall–Kier alpha value is -2.33. The van der Waals surface area contributed by atoms with Crippen LogP contribution in [0.1, 0.15) is 30.0 Å². The van der Waals surface area contributed by atoms with Crippen LogP contribution in [-0.2, 0) is 24.3 Å². The summed E-state index contributed by atoms with van der Waals surface area (Å²) in [4.78, 5) is 10.6. The number of carbonyl (C=O) groups is 1. The van der Waals surface area contributed by atoms with E-state index in [1.807, 2.05) is 24.3 Å². The van der Waals surface area contributed by atoms with Gasteiger partial charge in [0, 0.05) is 25.2 Å². The molecule has 0 aliphatic rings. The highest BCUT2D eigenvalue weighted by Crippen LogP contribution is 2.12. The van der Waals surface area contributed by atoms with Crippen molar-refractivity contribution >= 4 is 11.7 Å². The summed E-state index contributed by atoms with van der Waals surface area (Å²) in [7, 11) is 0. The number of carboxylic acid groups (broad SMARTS) is 1. The molecule has 0 unspecified atom stereocenters. The van der Waals surface area contributed by atoms with Crippen molar-refractivity contribution in [1.82, 2.24) is 5.32 Å². The lowest BCUT2D eigenvalue weighted by Gasteiger charge is -2.09. The molecule has 0 aliphatic heterocycles. The summed E-state index contributed by atoms with van der Waals surface area (Å²) in [6.07, 6.45) is 0.757. The van der Waals surface area contributed by atoms with E-state index in [0.29, 0.717) is 6.42 Å². The Balaban J connectivity index is 1.82. The topological polar surface area (TPSA) is 61.4 Å². The van der Waals surface area contributed by atoms with E-state index in [1.54, 1.807) is 0 Å². The fourth-order valence-corrected chi connectivity index (χ4v) is 2.29. The van der Waals surface area contributed by atoms with Gasteiger partial charge < -0.3 is 15.7 Å². The Labute approximate surface area is 137 Å². The standard InChI is InChI=1S/C19H24N2O2/c1-2-20-13-16-7-10-18(11-8-16)21-14-17-5-3-15(4-6-17)9-12-19(22)23/h3-8,10-11,20-21H,2,9,12-14H2,1H3,(H,22,23). The zero-order chi connectivity index (χ0) is 16.5.